The number of rotatable bonds is 1. The fraction of sp³-hybridized carbons (Fsp3) is 0.400. The van der Waals surface area contributed by atoms with Gasteiger partial charge >= 0.3 is 0 Å². The van der Waals surface area contributed by atoms with Crippen molar-refractivity contribution in [3.63, 3.8) is 0 Å². The first-order chi connectivity index (χ1) is 8.68. The largest absolute Gasteiger partial charge is 0.324 e. The molecule has 2 N–H and O–H groups in total. The molecule has 3 rings (SSSR count). The zero-order chi connectivity index (χ0) is 12.7. The van der Waals surface area contributed by atoms with E-state index < -0.39 is 0 Å². The molecular formula is C15H19N3. The van der Waals surface area contributed by atoms with Crippen LogP contribution in [0.1, 0.15) is 41.3 Å². The Morgan fingerprint density at radius 3 is 3.00 bits per heavy atom. The van der Waals surface area contributed by atoms with Gasteiger partial charge in [0.25, 0.3) is 0 Å². The Hall–Kier alpha value is -1.61. The molecular weight excluding hydrogens is 222 g/mol. The molecule has 1 aromatic carbocycles. The van der Waals surface area contributed by atoms with Crippen LogP contribution in [0.4, 0.5) is 0 Å². The summed E-state index contributed by atoms with van der Waals surface area (Å²) in [5.41, 5.74) is 12.5. The van der Waals surface area contributed by atoms with E-state index >= 15 is 0 Å². The van der Waals surface area contributed by atoms with Gasteiger partial charge in [-0.1, -0.05) is 12.1 Å². The van der Waals surface area contributed by atoms with E-state index in [1.165, 1.54) is 28.1 Å². The minimum atomic E-state index is 0.160. The Kier molecular flexibility index (Phi) is 2.71. The summed E-state index contributed by atoms with van der Waals surface area (Å²) < 4.78 is 2.08. The lowest BCUT2D eigenvalue weighted by molar-refractivity contribution is 0.557. The number of aryl methyl sites for hydroxylation is 1. The summed E-state index contributed by atoms with van der Waals surface area (Å²) in [6.07, 6.45) is 5.26. The Balaban J connectivity index is 2.16. The topological polar surface area (TPSA) is 43.8 Å². The highest BCUT2D eigenvalue weighted by Gasteiger charge is 2.22. The number of hydrogen-bond donors (Lipinski definition) is 1. The zero-order valence-corrected chi connectivity index (χ0v) is 11.0. The van der Waals surface area contributed by atoms with Crippen molar-refractivity contribution in [2.45, 2.75) is 39.2 Å². The summed E-state index contributed by atoms with van der Waals surface area (Å²) in [6.45, 7) is 4.29. The van der Waals surface area contributed by atoms with Gasteiger partial charge in [0.1, 0.15) is 0 Å². The normalized spacial score (nSPS) is 18.7. The standard InChI is InChI=1S/C15H19N3/c1-10-5-3-7-14(11(10)2)18-15-8-4-6-13(16)12(15)9-17-18/h3,5,7,9,13H,4,6,8,16H2,1-2H3/t13-/m0/s1. The van der Waals surface area contributed by atoms with Crippen molar-refractivity contribution in [3.05, 3.63) is 46.8 Å². The molecule has 94 valence electrons. The average molecular weight is 241 g/mol. The second kappa shape index (κ2) is 4.25. The Morgan fingerprint density at radius 1 is 1.33 bits per heavy atom. The minimum absolute atomic E-state index is 0.160. The summed E-state index contributed by atoms with van der Waals surface area (Å²) in [7, 11) is 0. The summed E-state index contributed by atoms with van der Waals surface area (Å²) in [4.78, 5) is 0. The van der Waals surface area contributed by atoms with Crippen LogP contribution in [-0.4, -0.2) is 9.78 Å². The van der Waals surface area contributed by atoms with E-state index in [0.717, 1.165) is 19.3 Å². The summed E-state index contributed by atoms with van der Waals surface area (Å²) in [5, 5.41) is 4.56. The van der Waals surface area contributed by atoms with Crippen LogP contribution in [0.25, 0.3) is 5.69 Å². The van der Waals surface area contributed by atoms with Gasteiger partial charge in [-0.15, -0.1) is 0 Å². The van der Waals surface area contributed by atoms with Gasteiger partial charge in [-0.2, -0.15) is 5.10 Å². The second-order valence-corrected chi connectivity index (χ2v) is 5.18. The molecule has 1 aliphatic rings. The molecule has 3 nitrogen and oxygen atoms in total. The molecule has 1 atom stereocenters. The molecule has 0 saturated carbocycles. The van der Waals surface area contributed by atoms with Crippen LogP contribution in [0.15, 0.2) is 24.4 Å². The van der Waals surface area contributed by atoms with Crippen molar-refractivity contribution < 1.29 is 0 Å². The number of nitrogens with zero attached hydrogens (tertiary/aromatic N) is 2. The van der Waals surface area contributed by atoms with Gasteiger partial charge in [0, 0.05) is 17.3 Å². The van der Waals surface area contributed by atoms with Gasteiger partial charge in [0.05, 0.1) is 11.9 Å². The third kappa shape index (κ3) is 1.66. The zero-order valence-electron chi connectivity index (χ0n) is 11.0. The number of nitrogens with two attached hydrogens (primary N) is 1. The first-order valence-corrected chi connectivity index (χ1v) is 6.57. The molecule has 0 fully saturated rings. The van der Waals surface area contributed by atoms with Gasteiger partial charge < -0.3 is 5.73 Å². The number of benzene rings is 1. The molecule has 1 aliphatic carbocycles. The Labute approximate surface area is 108 Å². The molecule has 1 aromatic heterocycles. The van der Waals surface area contributed by atoms with Crippen molar-refractivity contribution in [2.24, 2.45) is 5.73 Å². The van der Waals surface area contributed by atoms with Gasteiger partial charge in [-0.25, -0.2) is 4.68 Å². The van der Waals surface area contributed by atoms with Crippen molar-refractivity contribution in [2.75, 3.05) is 0 Å². The average Bonchev–Trinajstić information content (AvgIpc) is 2.78. The monoisotopic (exact) mass is 241 g/mol. The van der Waals surface area contributed by atoms with Gasteiger partial charge in [0.15, 0.2) is 0 Å². The van der Waals surface area contributed by atoms with E-state index in [1.54, 1.807) is 0 Å². The van der Waals surface area contributed by atoms with Gasteiger partial charge in [-0.05, 0) is 50.3 Å². The quantitative estimate of drug-likeness (QED) is 0.834. The molecule has 0 saturated heterocycles. The molecule has 0 aliphatic heterocycles. The first kappa shape index (κ1) is 11.5. The molecule has 18 heavy (non-hydrogen) atoms. The maximum absolute atomic E-state index is 6.15. The van der Waals surface area contributed by atoms with Crippen molar-refractivity contribution >= 4 is 0 Å². The highest BCUT2D eigenvalue weighted by Crippen LogP contribution is 2.30. The molecule has 0 bridgehead atoms. The fourth-order valence-electron chi connectivity index (χ4n) is 2.76. The maximum atomic E-state index is 6.15. The van der Waals surface area contributed by atoms with Crippen LogP contribution in [0, 0.1) is 13.8 Å². The van der Waals surface area contributed by atoms with Crippen LogP contribution in [0.5, 0.6) is 0 Å². The van der Waals surface area contributed by atoms with Crippen LogP contribution in [-0.2, 0) is 6.42 Å². The smallest absolute Gasteiger partial charge is 0.0680 e. The number of hydrogen-bond acceptors (Lipinski definition) is 2. The summed E-state index contributed by atoms with van der Waals surface area (Å²) >= 11 is 0. The predicted molar refractivity (Wildman–Crippen MR) is 72.9 cm³/mol. The fourth-order valence-corrected chi connectivity index (χ4v) is 2.76. The van der Waals surface area contributed by atoms with E-state index in [4.69, 9.17) is 5.73 Å². The minimum Gasteiger partial charge on any atom is -0.324 e. The molecule has 2 aromatic rings. The number of aromatic nitrogens is 2. The van der Waals surface area contributed by atoms with Crippen LogP contribution >= 0.6 is 0 Å². The molecule has 3 heteroatoms. The highest BCUT2D eigenvalue weighted by atomic mass is 15.3. The lowest BCUT2D eigenvalue weighted by atomic mass is 9.93. The van der Waals surface area contributed by atoms with E-state index in [9.17, 15) is 0 Å². The van der Waals surface area contributed by atoms with Crippen molar-refractivity contribution in [1.29, 1.82) is 0 Å². The summed E-state index contributed by atoms with van der Waals surface area (Å²) in [6, 6.07) is 6.53. The van der Waals surface area contributed by atoms with Gasteiger partial charge in [-0.3, -0.25) is 0 Å². The number of fused-ring (bicyclic) bond motifs is 1. The van der Waals surface area contributed by atoms with E-state index in [2.05, 4.69) is 41.8 Å². The molecule has 0 amide bonds. The van der Waals surface area contributed by atoms with E-state index in [0.29, 0.717) is 0 Å². The Bertz CT molecular complexity index is 583. The summed E-state index contributed by atoms with van der Waals surface area (Å²) in [5.74, 6) is 0. The second-order valence-electron chi connectivity index (χ2n) is 5.18. The van der Waals surface area contributed by atoms with E-state index in [-0.39, 0.29) is 6.04 Å². The van der Waals surface area contributed by atoms with Crippen molar-refractivity contribution in [1.82, 2.24) is 9.78 Å². The predicted octanol–water partition coefficient (Wildman–Crippen LogP) is 2.83. The first-order valence-electron chi connectivity index (χ1n) is 6.57. The lowest BCUT2D eigenvalue weighted by Gasteiger charge is -2.20. The molecule has 0 spiro atoms. The van der Waals surface area contributed by atoms with Crippen molar-refractivity contribution in [3.8, 4) is 5.69 Å². The van der Waals surface area contributed by atoms with E-state index in [1.807, 2.05) is 6.20 Å². The third-order valence-corrected chi connectivity index (χ3v) is 4.03. The molecule has 1 heterocycles. The van der Waals surface area contributed by atoms with Crippen LogP contribution < -0.4 is 5.73 Å². The lowest BCUT2D eigenvalue weighted by Crippen LogP contribution is -2.18. The van der Waals surface area contributed by atoms with Crippen LogP contribution in [0.3, 0.4) is 0 Å². The SMILES string of the molecule is Cc1cccc(-n2ncc3c2CCC[C@@H]3N)c1C. The van der Waals surface area contributed by atoms with Gasteiger partial charge in [0.2, 0.25) is 0 Å². The molecule has 0 radical (unpaired) electrons. The highest BCUT2D eigenvalue weighted by molar-refractivity contribution is 5.46. The third-order valence-electron chi connectivity index (χ3n) is 4.03. The molecule has 0 unspecified atom stereocenters. The maximum Gasteiger partial charge on any atom is 0.0680 e. The Morgan fingerprint density at radius 2 is 2.17 bits per heavy atom. The van der Waals surface area contributed by atoms with Crippen LogP contribution in [0.2, 0.25) is 0 Å².